The summed E-state index contributed by atoms with van der Waals surface area (Å²) in [6.45, 7) is 12.4. The molecular formula is C41H48Cl2NOSiZr. The average molecular weight is 761 g/mol. The first kappa shape index (κ1) is 38.0. The molecule has 7 rings (SSSR count). The second-order valence-corrected chi connectivity index (χ2v) is 19.5. The first-order valence-corrected chi connectivity index (χ1v) is 19.7. The van der Waals surface area contributed by atoms with Gasteiger partial charge in [0.15, 0.2) is 0 Å². The van der Waals surface area contributed by atoms with Crippen LogP contribution >= 0.6 is 0 Å². The van der Waals surface area contributed by atoms with Gasteiger partial charge in [0.1, 0.15) is 0 Å². The van der Waals surface area contributed by atoms with Gasteiger partial charge in [0.2, 0.25) is 0 Å². The molecule has 245 valence electrons. The Kier molecular flexibility index (Phi) is 12.1. The van der Waals surface area contributed by atoms with Crippen molar-refractivity contribution < 1.29 is 55.8 Å². The van der Waals surface area contributed by atoms with E-state index in [-0.39, 0.29) is 56.6 Å². The third-order valence-electron chi connectivity index (χ3n) is 10.8. The predicted octanol–water partition coefficient (Wildman–Crippen LogP) is 4.56. The minimum atomic E-state index is -2.12. The zero-order valence-corrected chi connectivity index (χ0v) is 33.7. The van der Waals surface area contributed by atoms with Crippen LogP contribution in [0.2, 0.25) is 12.6 Å². The number of benzene rings is 4. The quantitative estimate of drug-likeness (QED) is 0.141. The molecule has 1 aliphatic heterocycles. The fraction of sp³-hybridized carbons (Fsp3) is 0.390. The number of unbranched alkanes of at least 4 members (excludes halogenated alkanes) is 3. The van der Waals surface area contributed by atoms with Crippen molar-refractivity contribution in [2.24, 2.45) is 0 Å². The summed E-state index contributed by atoms with van der Waals surface area (Å²) in [4.78, 5) is 2.53. The summed E-state index contributed by atoms with van der Waals surface area (Å²) in [5.74, 6) is 0.420. The molecule has 0 bridgehead atoms. The van der Waals surface area contributed by atoms with Gasteiger partial charge in [0, 0.05) is 17.8 Å². The van der Waals surface area contributed by atoms with Crippen LogP contribution in [0.25, 0.3) is 11.1 Å². The molecule has 4 aromatic carbocycles. The Morgan fingerprint density at radius 3 is 1.96 bits per heavy atom. The van der Waals surface area contributed by atoms with E-state index in [4.69, 9.17) is 4.74 Å². The van der Waals surface area contributed by atoms with Crippen molar-refractivity contribution in [1.29, 1.82) is 0 Å². The van der Waals surface area contributed by atoms with Crippen molar-refractivity contribution in [2.45, 2.75) is 88.6 Å². The molecule has 0 saturated heterocycles. The molecule has 4 aromatic rings. The van der Waals surface area contributed by atoms with Gasteiger partial charge in [-0.15, -0.1) is 17.7 Å². The van der Waals surface area contributed by atoms with Gasteiger partial charge in [-0.3, -0.25) is 0 Å². The number of fused-ring (bicyclic) bond motifs is 8. The Morgan fingerprint density at radius 2 is 1.32 bits per heavy atom. The monoisotopic (exact) mass is 758 g/mol. The van der Waals surface area contributed by atoms with E-state index < -0.39 is 8.07 Å². The molecular weight excluding hydrogens is 713 g/mol. The van der Waals surface area contributed by atoms with E-state index in [1.807, 2.05) is 0 Å². The van der Waals surface area contributed by atoms with Gasteiger partial charge in [-0.25, -0.2) is 0 Å². The Morgan fingerprint density at radius 1 is 0.745 bits per heavy atom. The van der Waals surface area contributed by atoms with Gasteiger partial charge in [0.25, 0.3) is 0 Å². The minimum absolute atomic E-state index is 0. The fourth-order valence-electron chi connectivity index (χ4n) is 9.00. The standard InChI is InChI=1S/C41H48NOSi.2ClH.Zr/c1-28-23-24-36-35(27-28)37-38(42(36)5)31-19-11-14-22-34(31)40(37)44(6,26-16-8-7-15-25-43-41(2,3)4)39-32-20-12-9-17-29(32)30-18-10-13-21-33(30)39;;;/h9-14,17-24,27,37,39-40H,7-8,15-16,25-26H2,1-6H3;2*1H;/q-1;;;+3/p-2. The number of ether oxygens (including phenoxy) is 1. The Bertz CT molecular complexity index is 1640. The maximum atomic E-state index is 6.06. The smallest absolute Gasteiger partial charge is 1.00 e. The number of rotatable bonds is 9. The number of likely N-dealkylation sites (N-methyl/N-ethyl adjacent to an activating group) is 1. The summed E-state index contributed by atoms with van der Waals surface area (Å²) in [7, 11) is 0.191. The third kappa shape index (κ3) is 6.72. The normalized spacial score (nSPS) is 18.5. The van der Waals surface area contributed by atoms with Crippen molar-refractivity contribution in [3.8, 4) is 11.1 Å². The molecule has 2 nitrogen and oxygen atoms in total. The first-order chi connectivity index (χ1) is 21.2. The van der Waals surface area contributed by atoms with Crippen LogP contribution < -0.4 is 29.7 Å². The molecule has 6 heteroatoms. The first-order valence-electron chi connectivity index (χ1n) is 16.8. The van der Waals surface area contributed by atoms with Crippen LogP contribution in [0.3, 0.4) is 0 Å². The second-order valence-electron chi connectivity index (χ2n) is 14.8. The van der Waals surface area contributed by atoms with Crippen molar-refractivity contribution in [2.75, 3.05) is 18.6 Å². The van der Waals surface area contributed by atoms with Crippen molar-refractivity contribution >= 4 is 13.8 Å². The Labute approximate surface area is 316 Å². The number of hydrogen-bond acceptors (Lipinski definition) is 2. The van der Waals surface area contributed by atoms with Gasteiger partial charge < -0.3 is 34.5 Å². The second kappa shape index (κ2) is 15.0. The topological polar surface area (TPSA) is 12.5 Å². The zero-order chi connectivity index (χ0) is 30.6. The number of aryl methyl sites for hydroxylation is 1. The zero-order valence-electron chi connectivity index (χ0n) is 28.7. The van der Waals surface area contributed by atoms with E-state index in [0.29, 0.717) is 17.0 Å². The van der Waals surface area contributed by atoms with Crippen molar-refractivity contribution in [3.05, 3.63) is 130 Å². The molecule has 1 heterocycles. The molecule has 1 radical (unpaired) electrons. The Balaban J connectivity index is 0.00000167. The van der Waals surface area contributed by atoms with Crippen LogP contribution in [0.5, 0.6) is 0 Å². The fourth-order valence-corrected chi connectivity index (χ4v) is 15.0. The number of halogens is 2. The van der Waals surface area contributed by atoms with Gasteiger partial charge >= 0.3 is 26.2 Å². The molecule has 2 aliphatic carbocycles. The van der Waals surface area contributed by atoms with E-state index in [1.165, 1.54) is 59.3 Å². The van der Waals surface area contributed by atoms with Crippen LogP contribution in [0.1, 0.15) is 96.8 Å². The van der Waals surface area contributed by atoms with Gasteiger partial charge in [0.05, 0.1) is 13.7 Å². The maximum absolute atomic E-state index is 6.06. The maximum Gasteiger partial charge on any atom is 3.00 e. The molecule has 3 atom stereocenters. The SMILES string of the molecule is Cc1ccc2c(c1)C1[C-](c3ccccc3C1[Si](C)(CCCCCCOC(C)(C)C)C1c3ccccc3-c3ccccc31)N2C.[Cl-].[Cl-].[Zr+3]. The van der Waals surface area contributed by atoms with Crippen LogP contribution in [-0.4, -0.2) is 27.3 Å². The summed E-state index contributed by atoms with van der Waals surface area (Å²) in [5.41, 5.74) is 14.4. The third-order valence-corrected chi connectivity index (χ3v) is 16.2. The summed E-state index contributed by atoms with van der Waals surface area (Å²) in [6.07, 6.45) is 4.95. The predicted molar refractivity (Wildman–Crippen MR) is 188 cm³/mol. The van der Waals surface area contributed by atoms with Gasteiger partial charge in [-0.2, -0.15) is 11.6 Å². The molecule has 0 saturated carbocycles. The summed E-state index contributed by atoms with van der Waals surface area (Å²) >= 11 is 0. The Hall–Kier alpha value is -1.81. The van der Waals surface area contributed by atoms with Crippen LogP contribution in [0.15, 0.2) is 91.0 Å². The van der Waals surface area contributed by atoms with E-state index in [2.05, 4.69) is 137 Å². The van der Waals surface area contributed by atoms with Gasteiger partial charge in [-0.05, 0) is 81.0 Å². The number of anilines is 1. The number of nitrogens with zero attached hydrogens (tertiary/aromatic N) is 1. The molecule has 3 aliphatic rings. The van der Waals surface area contributed by atoms with Crippen molar-refractivity contribution in [1.82, 2.24) is 0 Å². The van der Waals surface area contributed by atoms with E-state index in [1.54, 1.807) is 22.3 Å². The molecule has 3 unspecified atom stereocenters. The van der Waals surface area contributed by atoms with Crippen LogP contribution in [0, 0.1) is 13.0 Å². The summed E-state index contributed by atoms with van der Waals surface area (Å²) < 4.78 is 6.06. The molecule has 0 aromatic heterocycles. The van der Waals surface area contributed by atoms with Gasteiger partial charge in [-0.1, -0.05) is 116 Å². The minimum Gasteiger partial charge on any atom is -1.00 e. The molecule has 47 heavy (non-hydrogen) atoms. The van der Waals surface area contributed by atoms with E-state index >= 15 is 0 Å². The van der Waals surface area contributed by atoms with E-state index in [9.17, 15) is 0 Å². The molecule has 0 N–H and O–H groups in total. The largest absolute Gasteiger partial charge is 3.00 e. The molecule has 0 spiro atoms. The average Bonchev–Trinajstić information content (AvgIpc) is 3.62. The van der Waals surface area contributed by atoms with Crippen molar-refractivity contribution in [3.63, 3.8) is 0 Å². The summed E-state index contributed by atoms with van der Waals surface area (Å²) in [6, 6.07) is 38.2. The molecule has 0 fully saturated rings. The van der Waals surface area contributed by atoms with E-state index in [0.717, 1.165) is 13.0 Å². The van der Waals surface area contributed by atoms with Crippen LogP contribution in [-0.2, 0) is 30.9 Å². The molecule has 0 amide bonds. The number of hydrogen-bond donors (Lipinski definition) is 0. The summed E-state index contributed by atoms with van der Waals surface area (Å²) in [5, 5.41) is 0. The van der Waals surface area contributed by atoms with Crippen LogP contribution in [0.4, 0.5) is 5.69 Å².